The van der Waals surface area contributed by atoms with Crippen molar-refractivity contribution >= 4 is 17.8 Å². The van der Waals surface area contributed by atoms with Gasteiger partial charge >= 0.3 is 5.97 Å². The number of carboxylic acids is 1. The second-order valence-corrected chi connectivity index (χ2v) is 32.1. The average molecular weight is 1550 g/mol. The fraction of sp³-hybridized carbons (Fsp3) is 0.941. The quantitative estimate of drug-likeness (QED) is 0.0199. The fourth-order valence-corrected chi connectivity index (χ4v) is 15.5. The highest BCUT2D eigenvalue weighted by Crippen LogP contribution is 2.39. The van der Waals surface area contributed by atoms with Gasteiger partial charge in [0.2, 0.25) is 11.8 Å². The van der Waals surface area contributed by atoms with Gasteiger partial charge in [0.15, 0.2) is 12.6 Å². The molecule has 3 fully saturated rings. The number of nitrogens with one attached hydrogen (secondary N) is 2. The van der Waals surface area contributed by atoms with Crippen molar-refractivity contribution < 1.29 is 104 Å². The first kappa shape index (κ1) is 99.7. The summed E-state index contributed by atoms with van der Waals surface area (Å²) in [5.41, 5.74) is 0. The first-order chi connectivity index (χ1) is 52.4. The fourth-order valence-electron chi connectivity index (χ4n) is 15.5. The van der Waals surface area contributed by atoms with Crippen molar-refractivity contribution in [1.29, 1.82) is 0 Å². The largest absolute Gasteiger partial charge is 0.477 e. The van der Waals surface area contributed by atoms with Crippen LogP contribution in [0.5, 0.6) is 0 Å². The molecule has 0 spiro atoms. The molecule has 23 nitrogen and oxygen atoms in total. The molecule has 3 saturated heterocycles. The van der Waals surface area contributed by atoms with Gasteiger partial charge in [-0.1, -0.05) is 328 Å². The Morgan fingerprint density at radius 2 is 0.861 bits per heavy atom. The molecule has 0 saturated carbocycles. The molecule has 108 heavy (non-hydrogen) atoms. The maximum atomic E-state index is 13.6. The monoisotopic (exact) mass is 1550 g/mol. The second kappa shape index (κ2) is 63.7. The van der Waals surface area contributed by atoms with E-state index in [-0.39, 0.29) is 18.9 Å². The van der Waals surface area contributed by atoms with Crippen molar-refractivity contribution in [3.05, 3.63) is 12.2 Å². The number of amides is 2. The van der Waals surface area contributed by atoms with Crippen LogP contribution in [0.25, 0.3) is 0 Å². The number of ether oxygens (including phenoxy) is 6. The molecule has 2 amide bonds. The Labute approximate surface area is 651 Å². The van der Waals surface area contributed by atoms with Gasteiger partial charge < -0.3 is 100 Å². The molecule has 636 valence electrons. The highest BCUT2D eigenvalue weighted by molar-refractivity contribution is 5.77. The second-order valence-electron chi connectivity index (χ2n) is 32.1. The first-order valence-electron chi connectivity index (χ1n) is 44.0. The molecule has 18 unspecified atom stereocenters. The standard InChI is InChI=1S/C85H160N2O21/c1-4-6-8-10-12-14-16-18-20-22-24-26-28-30-31-32-33-34-35-37-39-41-43-45-47-49-51-53-55-57-59-72(95)87-66(67(92)58-56-54-52-50-48-46-44-42-40-38-36-29-27-25-23-21-19-17-15-13-11-9-7-5-2)64-103-82-77(99)76(98)79(71(63-90)105-82)106-83-78(100)81(75(97)70(62-89)104-83)108-85(84(101)102)60-68(93)73(86-65(3)91)80(107-85)74(96)69(94)61-88/h30-31,66-71,73-83,88-90,92-94,96-100H,4-29,32-64H2,1-3H3,(H,86,91)(H,87,95)(H,101,102)/b31-30-. The molecular weight excluding hydrogens is 1380 g/mol. The smallest absolute Gasteiger partial charge is 0.364 e. The van der Waals surface area contributed by atoms with Crippen molar-refractivity contribution in [2.45, 2.75) is 484 Å². The molecule has 3 rings (SSSR count). The summed E-state index contributed by atoms with van der Waals surface area (Å²) in [6.07, 6.45) is 42.1. The van der Waals surface area contributed by atoms with Crippen molar-refractivity contribution in [1.82, 2.24) is 10.6 Å². The van der Waals surface area contributed by atoms with Crippen LogP contribution in [0.2, 0.25) is 0 Å². The maximum Gasteiger partial charge on any atom is 0.364 e. The van der Waals surface area contributed by atoms with Gasteiger partial charge in [-0.2, -0.15) is 0 Å². The lowest BCUT2D eigenvalue weighted by molar-refractivity contribution is -0.386. The minimum absolute atomic E-state index is 0.227. The van der Waals surface area contributed by atoms with Crippen LogP contribution in [0, 0.1) is 0 Å². The molecule has 0 radical (unpaired) electrons. The van der Waals surface area contributed by atoms with Gasteiger partial charge in [0.1, 0.15) is 67.1 Å². The third kappa shape index (κ3) is 42.7. The minimum Gasteiger partial charge on any atom is -0.477 e. The summed E-state index contributed by atoms with van der Waals surface area (Å²) in [6.45, 7) is 2.28. The Morgan fingerprint density at radius 1 is 0.472 bits per heavy atom. The molecule has 14 N–H and O–H groups in total. The molecule has 0 aromatic heterocycles. The predicted molar refractivity (Wildman–Crippen MR) is 422 cm³/mol. The number of carbonyl (C=O) groups excluding carboxylic acids is 2. The molecule has 3 heterocycles. The van der Waals surface area contributed by atoms with E-state index in [0.717, 1.165) is 58.3 Å². The van der Waals surface area contributed by atoms with E-state index < -0.39 is 148 Å². The predicted octanol–water partition coefficient (Wildman–Crippen LogP) is 13.3. The van der Waals surface area contributed by atoms with E-state index >= 15 is 0 Å². The zero-order chi connectivity index (χ0) is 78.8. The van der Waals surface area contributed by atoms with Gasteiger partial charge in [0.25, 0.3) is 5.79 Å². The maximum absolute atomic E-state index is 13.6. The number of aliphatic carboxylic acids is 1. The van der Waals surface area contributed by atoms with E-state index in [1.54, 1.807) is 0 Å². The van der Waals surface area contributed by atoms with Crippen LogP contribution in [0.3, 0.4) is 0 Å². The molecule has 3 aliphatic rings. The third-order valence-corrected chi connectivity index (χ3v) is 22.5. The SMILES string of the molecule is CCCCCCCCCCCCCC/C=C\CCCCCCCCCCCCCCCCC(=O)NC(COC1OC(CO)C(OC2OC(CO)C(O)C(OC3(C(=O)O)CC(O)C(NC(C)=O)C(C(O)C(O)CO)O3)C2O)C(O)C1O)C(O)CCCCCCCCCCCCCCCCCCCCCCCCCC. The lowest BCUT2D eigenvalue weighted by atomic mass is 9.88. The molecule has 18 atom stereocenters. The lowest BCUT2D eigenvalue weighted by Crippen LogP contribution is -2.70. The third-order valence-electron chi connectivity index (χ3n) is 22.5. The van der Waals surface area contributed by atoms with E-state index in [4.69, 9.17) is 28.4 Å². The normalized spacial score (nSPS) is 25.9. The molecule has 0 aliphatic carbocycles. The molecule has 0 bridgehead atoms. The van der Waals surface area contributed by atoms with Crippen LogP contribution in [0.15, 0.2) is 12.2 Å². The van der Waals surface area contributed by atoms with Crippen molar-refractivity contribution in [3.63, 3.8) is 0 Å². The van der Waals surface area contributed by atoms with E-state index in [0.29, 0.717) is 19.3 Å². The van der Waals surface area contributed by atoms with E-state index in [1.807, 2.05) is 0 Å². The van der Waals surface area contributed by atoms with Gasteiger partial charge in [0.05, 0.1) is 50.7 Å². The number of aliphatic hydroxyl groups is 11. The molecule has 23 heteroatoms. The van der Waals surface area contributed by atoms with Crippen LogP contribution in [0.1, 0.15) is 374 Å². The van der Waals surface area contributed by atoms with Crippen LogP contribution < -0.4 is 10.6 Å². The number of hydrogen-bond donors (Lipinski definition) is 14. The highest BCUT2D eigenvalue weighted by atomic mass is 16.8. The number of rotatable bonds is 71. The van der Waals surface area contributed by atoms with Gasteiger partial charge in [-0.15, -0.1) is 0 Å². The number of carbonyl (C=O) groups is 3. The average Bonchev–Trinajstić information content (AvgIpc) is 0.755. The number of allylic oxidation sites excluding steroid dienone is 2. The number of unbranched alkanes of at least 4 members (excludes halogenated alkanes) is 49. The lowest BCUT2D eigenvalue weighted by Gasteiger charge is -2.50. The zero-order valence-electron chi connectivity index (χ0n) is 67.7. The summed E-state index contributed by atoms with van der Waals surface area (Å²) in [4.78, 5) is 38.8. The zero-order valence-corrected chi connectivity index (χ0v) is 67.7. The van der Waals surface area contributed by atoms with E-state index in [9.17, 15) is 75.7 Å². The number of aliphatic hydroxyl groups excluding tert-OH is 11. The van der Waals surface area contributed by atoms with Crippen LogP contribution in [-0.4, -0.2) is 215 Å². The van der Waals surface area contributed by atoms with E-state index in [2.05, 4.69) is 36.6 Å². The molecule has 0 aromatic carbocycles. The summed E-state index contributed by atoms with van der Waals surface area (Å²) >= 11 is 0. The summed E-state index contributed by atoms with van der Waals surface area (Å²) in [5.74, 6) is -6.09. The molecule has 0 aromatic rings. The van der Waals surface area contributed by atoms with Crippen molar-refractivity contribution in [2.24, 2.45) is 0 Å². The Hall–Kier alpha value is -2.53. The Morgan fingerprint density at radius 3 is 1.25 bits per heavy atom. The Kier molecular flexibility index (Phi) is 58.8. The minimum atomic E-state index is -3.08. The Balaban J connectivity index is 1.47. The topological polar surface area (TPSA) is 373 Å². The van der Waals surface area contributed by atoms with Crippen molar-refractivity contribution in [3.8, 4) is 0 Å². The van der Waals surface area contributed by atoms with Crippen LogP contribution >= 0.6 is 0 Å². The van der Waals surface area contributed by atoms with Gasteiger partial charge in [-0.25, -0.2) is 4.79 Å². The van der Waals surface area contributed by atoms with Crippen LogP contribution in [-0.2, 0) is 42.8 Å². The summed E-state index contributed by atoms with van der Waals surface area (Å²) in [5, 5.41) is 137. The highest BCUT2D eigenvalue weighted by Gasteiger charge is 2.60. The van der Waals surface area contributed by atoms with Crippen molar-refractivity contribution in [2.75, 3.05) is 26.4 Å². The molecular formula is C85H160N2O21. The number of hydrogen-bond acceptors (Lipinski definition) is 20. The summed E-state index contributed by atoms with van der Waals surface area (Å²) < 4.78 is 35.0. The van der Waals surface area contributed by atoms with Gasteiger partial charge in [0, 0.05) is 19.8 Å². The molecule has 3 aliphatic heterocycles. The Bertz CT molecular complexity index is 2190. The first-order valence-corrected chi connectivity index (χ1v) is 44.0. The van der Waals surface area contributed by atoms with Crippen LogP contribution in [0.4, 0.5) is 0 Å². The number of carboxylic acid groups (broad SMARTS) is 1. The van der Waals surface area contributed by atoms with Gasteiger partial charge in [-0.05, 0) is 38.5 Å². The van der Waals surface area contributed by atoms with E-state index in [1.165, 1.54) is 270 Å². The summed E-state index contributed by atoms with van der Waals surface area (Å²) in [6, 6.07) is -2.53. The van der Waals surface area contributed by atoms with Gasteiger partial charge in [-0.3, -0.25) is 9.59 Å². The summed E-state index contributed by atoms with van der Waals surface area (Å²) in [7, 11) is 0.